The van der Waals surface area contributed by atoms with E-state index in [0.29, 0.717) is 54.3 Å². The topological polar surface area (TPSA) is 171 Å². The molecule has 2 aromatic heterocycles. The molecule has 0 radical (unpaired) electrons. The molecule has 13 nitrogen and oxygen atoms in total. The van der Waals surface area contributed by atoms with E-state index in [-0.39, 0.29) is 18.1 Å². The molecule has 0 unspecified atom stereocenters. The molecular formula is C42H40F3N7O6S4. The van der Waals surface area contributed by atoms with Crippen LogP contribution in [0.1, 0.15) is 38.4 Å². The maximum atomic E-state index is 14.1. The van der Waals surface area contributed by atoms with Crippen LogP contribution in [-0.2, 0) is 32.8 Å². The third kappa shape index (κ3) is 10.2. The summed E-state index contributed by atoms with van der Waals surface area (Å²) in [7, 11) is -7.40. The first-order chi connectivity index (χ1) is 29.5. The van der Waals surface area contributed by atoms with Crippen LogP contribution < -0.4 is 20.3 Å². The molecule has 324 valence electrons. The first-order valence-electron chi connectivity index (χ1n) is 19.1. The Morgan fingerprint density at radius 3 is 2.37 bits per heavy atom. The Morgan fingerprint density at radius 2 is 1.63 bits per heavy atom. The highest BCUT2D eigenvalue weighted by atomic mass is 32.2. The van der Waals surface area contributed by atoms with Crippen molar-refractivity contribution in [2.24, 2.45) is 0 Å². The molecule has 4 aromatic carbocycles. The predicted molar refractivity (Wildman–Crippen MR) is 235 cm³/mol. The summed E-state index contributed by atoms with van der Waals surface area (Å²) >= 11 is 2.77. The van der Waals surface area contributed by atoms with Crippen LogP contribution in [0.2, 0.25) is 0 Å². The van der Waals surface area contributed by atoms with E-state index in [0.717, 1.165) is 38.4 Å². The summed E-state index contributed by atoms with van der Waals surface area (Å²) in [6, 6.07) is 28.3. The first kappa shape index (κ1) is 44.5. The number of sulfonamides is 1. The highest BCUT2D eigenvalue weighted by Crippen LogP contribution is 2.37. The highest BCUT2D eigenvalue weighted by molar-refractivity contribution is 7.99. The van der Waals surface area contributed by atoms with Crippen LogP contribution in [-0.4, -0.2) is 88.0 Å². The third-order valence-corrected chi connectivity index (χ3v) is 14.9. The van der Waals surface area contributed by atoms with Gasteiger partial charge < -0.3 is 15.1 Å². The van der Waals surface area contributed by atoms with Gasteiger partial charge >= 0.3 is 5.51 Å². The largest absolute Gasteiger partial charge is 0.501 e. The van der Waals surface area contributed by atoms with Gasteiger partial charge in [0.1, 0.15) is 16.4 Å². The molecule has 3 heterocycles. The normalized spacial score (nSPS) is 13.7. The summed E-state index contributed by atoms with van der Waals surface area (Å²) < 4.78 is 98.2. The minimum Gasteiger partial charge on any atom is -0.380 e. The molecule has 6 aromatic rings. The van der Waals surface area contributed by atoms with Gasteiger partial charge in [-0.1, -0.05) is 59.9 Å². The minimum absolute atomic E-state index is 0.229. The third-order valence-electron chi connectivity index (χ3n) is 9.89. The number of para-hydroxylation sites is 1. The van der Waals surface area contributed by atoms with Gasteiger partial charge in [-0.05, 0) is 105 Å². The van der Waals surface area contributed by atoms with Crippen LogP contribution in [0, 0.1) is 0 Å². The zero-order chi connectivity index (χ0) is 44.2. The van der Waals surface area contributed by atoms with E-state index in [1.165, 1.54) is 35.2 Å². The molecule has 20 heteroatoms. The second kappa shape index (κ2) is 18.4. The molecule has 2 amide bonds. The molecule has 0 bridgehead atoms. The van der Waals surface area contributed by atoms with Crippen LogP contribution in [0.15, 0.2) is 124 Å². The van der Waals surface area contributed by atoms with E-state index >= 15 is 0 Å². The minimum atomic E-state index is -6.09. The molecule has 0 aliphatic carbocycles. The molecule has 1 atom stereocenters. The van der Waals surface area contributed by atoms with E-state index < -0.39 is 52.8 Å². The van der Waals surface area contributed by atoms with E-state index in [1.54, 1.807) is 18.2 Å². The molecular weight excluding hydrogens is 884 g/mol. The lowest BCUT2D eigenvalue weighted by Crippen LogP contribution is -2.34. The summed E-state index contributed by atoms with van der Waals surface area (Å²) in [4.78, 5) is 38.3. The number of amides is 2. The number of thiazole rings is 1. The fraction of sp³-hybridized carbons (Fsp3) is 0.238. The molecule has 3 N–H and O–H groups in total. The van der Waals surface area contributed by atoms with Gasteiger partial charge in [0.05, 0.1) is 20.8 Å². The van der Waals surface area contributed by atoms with Gasteiger partial charge in [0, 0.05) is 35.3 Å². The van der Waals surface area contributed by atoms with Crippen molar-refractivity contribution in [3.63, 3.8) is 0 Å². The average molecular weight is 924 g/mol. The second-order valence-electron chi connectivity index (χ2n) is 14.5. The number of rotatable bonds is 15. The summed E-state index contributed by atoms with van der Waals surface area (Å²) in [6.45, 7) is 1.19. The highest BCUT2D eigenvalue weighted by Gasteiger charge is 2.48. The predicted octanol–water partition coefficient (Wildman–Crippen LogP) is 7.44. The second-order valence-corrected chi connectivity index (χ2v) is 20.3. The number of nitrogens with zero attached hydrogens (tertiary/aromatic N) is 4. The fourth-order valence-corrected chi connectivity index (χ4v) is 10.6. The molecule has 1 aliphatic heterocycles. The van der Waals surface area contributed by atoms with Crippen LogP contribution in [0.4, 0.5) is 29.8 Å². The Hall–Kier alpha value is -5.54. The lowest BCUT2D eigenvalue weighted by atomic mass is 9.94. The number of halogens is 3. The number of nitrogens with one attached hydrogen (secondary N) is 3. The van der Waals surface area contributed by atoms with Gasteiger partial charge in [0.15, 0.2) is 5.13 Å². The smallest absolute Gasteiger partial charge is 0.380 e. The van der Waals surface area contributed by atoms with Crippen molar-refractivity contribution in [2.45, 2.75) is 45.6 Å². The zero-order valence-electron chi connectivity index (χ0n) is 33.2. The summed E-state index contributed by atoms with van der Waals surface area (Å²) in [6.07, 6.45) is 0.937. The number of pyridine rings is 1. The van der Waals surface area contributed by atoms with Crippen LogP contribution in [0.5, 0.6) is 0 Å². The maximum absolute atomic E-state index is 14.1. The number of alkyl halides is 3. The number of thioether (sulfide) groups is 1. The standard InChI is InChI=1S/C42H40F3N7O6S4/c1-51(2)22-21-28(26-59-29-11-4-3-5-12-29)46-34-19-18-30(24-37(34)61(55,56)42(43,44)45)62(57,58)50-40(54)35-15-9-17-38(47-35)52-23-20-27-10-8-13-31(32(27)25-52)39(53)49-41-48-33-14-6-7-16-36(33)60-41/h3-19,24,28,46H,20-23,25-26H2,1-2H3,(H,50,54)(H,48,49,53)/t28-/m1/s1. The van der Waals surface area contributed by atoms with Crippen molar-refractivity contribution in [3.05, 3.63) is 132 Å². The molecule has 7 rings (SSSR count). The Kier molecular flexibility index (Phi) is 13.2. The van der Waals surface area contributed by atoms with Gasteiger partial charge in [-0.3, -0.25) is 14.9 Å². The fourth-order valence-electron chi connectivity index (χ4n) is 6.72. The molecule has 0 saturated heterocycles. The SMILES string of the molecule is CN(C)CC[C@H](CSc1ccccc1)Nc1ccc(S(=O)(=O)NC(=O)c2cccc(N3CCc4cccc(C(=O)Nc5nc6ccccc6s5)c4C3)n2)cc1S(=O)(=O)C(F)(F)F. The molecule has 0 saturated carbocycles. The van der Waals surface area contributed by atoms with Crippen molar-refractivity contribution in [1.29, 1.82) is 0 Å². The van der Waals surface area contributed by atoms with Gasteiger partial charge in [-0.15, -0.1) is 11.8 Å². The average Bonchev–Trinajstić information content (AvgIpc) is 3.66. The van der Waals surface area contributed by atoms with Gasteiger partial charge in [0.25, 0.3) is 31.7 Å². The van der Waals surface area contributed by atoms with Gasteiger partial charge in [-0.25, -0.2) is 31.5 Å². The number of anilines is 3. The van der Waals surface area contributed by atoms with Crippen molar-refractivity contribution < 1.29 is 39.6 Å². The Morgan fingerprint density at radius 1 is 0.887 bits per heavy atom. The van der Waals surface area contributed by atoms with Crippen molar-refractivity contribution in [2.75, 3.05) is 48.5 Å². The molecule has 0 fully saturated rings. The molecule has 0 spiro atoms. The van der Waals surface area contributed by atoms with E-state index in [2.05, 4.69) is 20.6 Å². The van der Waals surface area contributed by atoms with Crippen LogP contribution >= 0.6 is 23.1 Å². The maximum Gasteiger partial charge on any atom is 0.501 e. The van der Waals surface area contributed by atoms with Crippen molar-refractivity contribution >= 4 is 81.6 Å². The van der Waals surface area contributed by atoms with Gasteiger partial charge in [0.2, 0.25) is 0 Å². The Balaban J connectivity index is 1.10. The summed E-state index contributed by atoms with van der Waals surface area (Å²) in [5.41, 5.74) is -3.68. The number of hydrogen-bond donors (Lipinski definition) is 3. The van der Waals surface area contributed by atoms with Gasteiger partial charge in [-0.2, -0.15) is 13.2 Å². The summed E-state index contributed by atoms with van der Waals surface area (Å²) in [5.74, 6) is -0.915. The van der Waals surface area contributed by atoms with E-state index in [9.17, 15) is 39.6 Å². The van der Waals surface area contributed by atoms with E-state index in [4.69, 9.17) is 0 Å². The van der Waals surface area contributed by atoms with Crippen molar-refractivity contribution in [3.8, 4) is 0 Å². The van der Waals surface area contributed by atoms with Crippen LogP contribution in [0.25, 0.3) is 10.2 Å². The first-order valence-corrected chi connectivity index (χ1v) is 23.9. The monoisotopic (exact) mass is 923 g/mol. The lowest BCUT2D eigenvalue weighted by molar-refractivity contribution is -0.0436. The molecule has 1 aliphatic rings. The zero-order valence-corrected chi connectivity index (χ0v) is 36.5. The van der Waals surface area contributed by atoms with E-state index in [1.807, 2.05) is 89.3 Å². The number of aromatic nitrogens is 2. The quantitative estimate of drug-likeness (QED) is 0.0872. The Bertz CT molecular complexity index is 2810. The lowest BCUT2D eigenvalue weighted by Gasteiger charge is -2.31. The number of sulfone groups is 1. The molecule has 62 heavy (non-hydrogen) atoms. The van der Waals surface area contributed by atoms with Crippen molar-refractivity contribution in [1.82, 2.24) is 19.6 Å². The summed E-state index contributed by atoms with van der Waals surface area (Å²) in [5, 5.41) is 6.25. The number of fused-ring (bicyclic) bond motifs is 2. The number of carbonyl (C=O) groups is 2. The van der Waals surface area contributed by atoms with Crippen LogP contribution in [0.3, 0.4) is 0 Å². The number of hydrogen-bond acceptors (Lipinski definition) is 13. The number of benzene rings is 4. The number of carbonyl (C=O) groups excluding carboxylic acids is 2. The Labute approximate surface area is 364 Å².